The van der Waals surface area contributed by atoms with Crippen LogP contribution in [0.15, 0.2) is 36.4 Å². The molecule has 0 saturated carbocycles. The molecule has 0 fully saturated rings. The number of benzene rings is 1. The zero-order valence-corrected chi connectivity index (χ0v) is 12.7. The van der Waals surface area contributed by atoms with Gasteiger partial charge in [0.2, 0.25) is 0 Å². The molecule has 1 aromatic carbocycles. The van der Waals surface area contributed by atoms with Gasteiger partial charge >= 0.3 is 5.97 Å². The van der Waals surface area contributed by atoms with E-state index in [2.05, 4.69) is 6.58 Å². The van der Waals surface area contributed by atoms with Crippen LogP contribution in [0.1, 0.15) is 31.4 Å². The number of esters is 1. The van der Waals surface area contributed by atoms with Gasteiger partial charge in [-0.3, -0.25) is 4.90 Å². The Bertz CT molecular complexity index is 503. The van der Waals surface area contributed by atoms with Crippen molar-refractivity contribution in [3.8, 4) is 0 Å². The number of rotatable bonds is 6. The SMILES string of the molecule is C=Cc1ccccc1/C=C(\C)C(=O)OC(CC)N(C)C. The van der Waals surface area contributed by atoms with Crippen LogP contribution in [0.3, 0.4) is 0 Å². The fourth-order valence-electron chi connectivity index (χ4n) is 1.89. The van der Waals surface area contributed by atoms with Gasteiger partial charge in [-0.1, -0.05) is 43.8 Å². The van der Waals surface area contributed by atoms with Gasteiger partial charge in [-0.2, -0.15) is 0 Å². The summed E-state index contributed by atoms with van der Waals surface area (Å²) in [6, 6.07) is 7.80. The molecule has 0 N–H and O–H groups in total. The van der Waals surface area contributed by atoms with Crippen LogP contribution in [-0.2, 0) is 9.53 Å². The van der Waals surface area contributed by atoms with Crippen LogP contribution in [0.5, 0.6) is 0 Å². The maximum absolute atomic E-state index is 12.1. The van der Waals surface area contributed by atoms with E-state index in [4.69, 9.17) is 4.74 Å². The Kier molecular flexibility index (Phi) is 6.19. The molecule has 3 heteroatoms. The monoisotopic (exact) mass is 273 g/mol. The molecular weight excluding hydrogens is 250 g/mol. The lowest BCUT2D eigenvalue weighted by atomic mass is 10.1. The maximum Gasteiger partial charge on any atom is 0.335 e. The van der Waals surface area contributed by atoms with Gasteiger partial charge in [0, 0.05) is 5.57 Å². The van der Waals surface area contributed by atoms with Crippen LogP contribution in [0.4, 0.5) is 0 Å². The van der Waals surface area contributed by atoms with E-state index in [1.54, 1.807) is 13.0 Å². The highest BCUT2D eigenvalue weighted by atomic mass is 16.6. The van der Waals surface area contributed by atoms with E-state index in [9.17, 15) is 4.79 Å². The Morgan fingerprint density at radius 3 is 2.45 bits per heavy atom. The molecule has 1 rings (SSSR count). The van der Waals surface area contributed by atoms with Gasteiger partial charge in [-0.15, -0.1) is 0 Å². The lowest BCUT2D eigenvalue weighted by Gasteiger charge is -2.22. The number of nitrogens with zero attached hydrogens (tertiary/aromatic N) is 1. The van der Waals surface area contributed by atoms with Crippen molar-refractivity contribution in [3.05, 3.63) is 47.5 Å². The summed E-state index contributed by atoms with van der Waals surface area (Å²) in [5.74, 6) is -0.288. The van der Waals surface area contributed by atoms with E-state index in [1.807, 2.05) is 56.3 Å². The Hall–Kier alpha value is -1.87. The third kappa shape index (κ3) is 4.35. The molecule has 3 nitrogen and oxygen atoms in total. The van der Waals surface area contributed by atoms with Crippen molar-refractivity contribution in [1.29, 1.82) is 0 Å². The van der Waals surface area contributed by atoms with E-state index in [1.165, 1.54) is 0 Å². The first-order valence-corrected chi connectivity index (χ1v) is 6.76. The molecule has 0 saturated heterocycles. The minimum Gasteiger partial charge on any atom is -0.443 e. The third-order valence-corrected chi connectivity index (χ3v) is 3.08. The van der Waals surface area contributed by atoms with Crippen molar-refractivity contribution < 1.29 is 9.53 Å². The molecule has 0 aliphatic carbocycles. The molecule has 0 amide bonds. The molecule has 1 aromatic rings. The Labute approximate surface area is 121 Å². The molecule has 0 heterocycles. The van der Waals surface area contributed by atoms with Crippen LogP contribution >= 0.6 is 0 Å². The predicted molar refractivity (Wildman–Crippen MR) is 84.0 cm³/mol. The summed E-state index contributed by atoms with van der Waals surface area (Å²) in [7, 11) is 3.79. The topological polar surface area (TPSA) is 29.5 Å². The van der Waals surface area contributed by atoms with Crippen molar-refractivity contribution in [2.45, 2.75) is 26.5 Å². The number of hydrogen-bond acceptors (Lipinski definition) is 3. The summed E-state index contributed by atoms with van der Waals surface area (Å²) in [5.41, 5.74) is 2.55. The predicted octanol–water partition coefficient (Wildman–Crippen LogP) is 3.57. The zero-order chi connectivity index (χ0) is 15.1. The molecule has 20 heavy (non-hydrogen) atoms. The number of ether oxygens (including phenoxy) is 1. The fraction of sp³-hybridized carbons (Fsp3) is 0.353. The molecule has 0 aliphatic heterocycles. The number of carbonyl (C=O) groups is 1. The van der Waals surface area contributed by atoms with Crippen LogP contribution in [0.2, 0.25) is 0 Å². The first-order valence-electron chi connectivity index (χ1n) is 6.76. The van der Waals surface area contributed by atoms with Gasteiger partial charge in [0.15, 0.2) is 6.23 Å². The Morgan fingerprint density at radius 2 is 1.95 bits per heavy atom. The van der Waals surface area contributed by atoms with Gasteiger partial charge in [0.1, 0.15) is 0 Å². The summed E-state index contributed by atoms with van der Waals surface area (Å²) in [6.07, 6.45) is 4.18. The van der Waals surface area contributed by atoms with Crippen LogP contribution in [0.25, 0.3) is 12.2 Å². The first kappa shape index (κ1) is 16.2. The normalized spacial score (nSPS) is 13.2. The molecule has 0 aliphatic rings. The van der Waals surface area contributed by atoms with Crippen LogP contribution < -0.4 is 0 Å². The molecule has 0 spiro atoms. The second-order valence-corrected chi connectivity index (χ2v) is 4.89. The van der Waals surface area contributed by atoms with Gasteiger partial charge < -0.3 is 4.74 Å². The van der Waals surface area contributed by atoms with Crippen molar-refractivity contribution in [3.63, 3.8) is 0 Å². The summed E-state index contributed by atoms with van der Waals surface area (Å²) >= 11 is 0. The van der Waals surface area contributed by atoms with E-state index < -0.39 is 0 Å². The van der Waals surface area contributed by atoms with Gasteiger partial charge in [-0.05, 0) is 44.6 Å². The summed E-state index contributed by atoms with van der Waals surface area (Å²) in [6.45, 7) is 7.53. The lowest BCUT2D eigenvalue weighted by Crippen LogP contribution is -2.32. The molecular formula is C17H23NO2. The van der Waals surface area contributed by atoms with Crippen molar-refractivity contribution >= 4 is 18.1 Å². The minimum absolute atomic E-state index is 0.194. The highest BCUT2D eigenvalue weighted by Gasteiger charge is 2.15. The smallest absolute Gasteiger partial charge is 0.335 e. The number of carbonyl (C=O) groups excluding carboxylic acids is 1. The van der Waals surface area contributed by atoms with E-state index >= 15 is 0 Å². The maximum atomic E-state index is 12.1. The van der Waals surface area contributed by atoms with E-state index in [0.29, 0.717) is 5.57 Å². The number of hydrogen-bond donors (Lipinski definition) is 0. The van der Waals surface area contributed by atoms with Crippen molar-refractivity contribution in [1.82, 2.24) is 4.90 Å². The average molecular weight is 273 g/mol. The molecule has 108 valence electrons. The second-order valence-electron chi connectivity index (χ2n) is 4.89. The molecule has 0 radical (unpaired) electrons. The van der Waals surface area contributed by atoms with E-state index in [0.717, 1.165) is 17.5 Å². The Morgan fingerprint density at radius 1 is 1.35 bits per heavy atom. The van der Waals surface area contributed by atoms with Gasteiger partial charge in [-0.25, -0.2) is 4.79 Å². The van der Waals surface area contributed by atoms with E-state index in [-0.39, 0.29) is 12.2 Å². The van der Waals surface area contributed by atoms with Crippen molar-refractivity contribution in [2.75, 3.05) is 14.1 Å². The van der Waals surface area contributed by atoms with Gasteiger partial charge in [0.25, 0.3) is 0 Å². The highest BCUT2D eigenvalue weighted by molar-refractivity contribution is 5.93. The Balaban J connectivity index is 2.88. The minimum atomic E-state index is -0.288. The van der Waals surface area contributed by atoms with Crippen LogP contribution in [-0.4, -0.2) is 31.2 Å². The quantitative estimate of drug-likeness (QED) is 0.451. The zero-order valence-electron chi connectivity index (χ0n) is 12.7. The first-order chi connectivity index (χ1) is 9.49. The third-order valence-electron chi connectivity index (χ3n) is 3.08. The van der Waals surface area contributed by atoms with Crippen LogP contribution in [0, 0.1) is 0 Å². The second kappa shape index (κ2) is 7.65. The summed E-state index contributed by atoms with van der Waals surface area (Å²) in [4.78, 5) is 14.0. The van der Waals surface area contributed by atoms with Crippen molar-refractivity contribution in [2.24, 2.45) is 0 Å². The molecule has 0 aromatic heterocycles. The molecule has 1 atom stereocenters. The molecule has 1 unspecified atom stereocenters. The fourth-order valence-corrected chi connectivity index (χ4v) is 1.89. The standard InChI is InChI=1S/C17H23NO2/c1-6-14-10-8-9-11-15(14)12-13(3)17(19)20-16(7-2)18(4)5/h6,8-12,16H,1,7H2,2-5H3/b13-12+. The lowest BCUT2D eigenvalue weighted by molar-refractivity contribution is -0.152. The molecule has 0 bridgehead atoms. The largest absolute Gasteiger partial charge is 0.443 e. The average Bonchev–Trinajstić information content (AvgIpc) is 2.44. The van der Waals surface area contributed by atoms with Gasteiger partial charge in [0.05, 0.1) is 0 Å². The highest BCUT2D eigenvalue weighted by Crippen LogP contribution is 2.15. The summed E-state index contributed by atoms with van der Waals surface area (Å²) in [5, 5.41) is 0. The summed E-state index contributed by atoms with van der Waals surface area (Å²) < 4.78 is 5.46.